The van der Waals surface area contributed by atoms with Crippen LogP contribution in [0.1, 0.15) is 6.42 Å². The molecule has 0 bridgehead atoms. The van der Waals surface area contributed by atoms with Crippen LogP contribution >= 0.6 is 11.6 Å². The molecule has 3 aromatic rings. The maximum absolute atomic E-state index is 12.5. The van der Waals surface area contributed by atoms with Crippen LogP contribution in [0.5, 0.6) is 0 Å². The Morgan fingerprint density at radius 1 is 1.36 bits per heavy atom. The third-order valence-electron chi connectivity index (χ3n) is 3.15. The van der Waals surface area contributed by atoms with E-state index in [-0.39, 0.29) is 29.8 Å². The van der Waals surface area contributed by atoms with Gasteiger partial charge in [0.1, 0.15) is 17.4 Å². The van der Waals surface area contributed by atoms with E-state index in [0.29, 0.717) is 10.6 Å². The molecule has 2 heterocycles. The van der Waals surface area contributed by atoms with Gasteiger partial charge in [0.2, 0.25) is 0 Å². The Kier molecular flexibility index (Phi) is 3.64. The Labute approximate surface area is 128 Å². The minimum atomic E-state index is -1.25. The third kappa shape index (κ3) is 2.46. The summed E-state index contributed by atoms with van der Waals surface area (Å²) in [5.41, 5.74) is 0.451. The maximum Gasteiger partial charge on any atom is 0.266 e. The van der Waals surface area contributed by atoms with Crippen LogP contribution in [0, 0.1) is 0 Å². The summed E-state index contributed by atoms with van der Waals surface area (Å²) in [6.07, 6.45) is 0.926. The molecule has 8 heteroatoms. The smallest absolute Gasteiger partial charge is 0.266 e. The summed E-state index contributed by atoms with van der Waals surface area (Å²) in [7, 11) is 0. The van der Waals surface area contributed by atoms with E-state index in [9.17, 15) is 14.7 Å². The van der Waals surface area contributed by atoms with E-state index in [2.05, 4.69) is 10.1 Å². The molecule has 0 radical (unpaired) electrons. The lowest BCUT2D eigenvalue weighted by Gasteiger charge is -2.05. The van der Waals surface area contributed by atoms with E-state index >= 15 is 0 Å². The van der Waals surface area contributed by atoms with Crippen LogP contribution in [0.3, 0.4) is 0 Å². The average molecular weight is 319 g/mol. The fraction of sp³-hybridized carbons (Fsp3) is 0.143. The number of aromatic nitrogens is 3. The number of carboxylic acids is 1. The van der Waals surface area contributed by atoms with Crippen molar-refractivity contribution in [3.63, 3.8) is 0 Å². The van der Waals surface area contributed by atoms with Crippen molar-refractivity contribution in [3.8, 4) is 11.3 Å². The lowest BCUT2D eigenvalue weighted by atomic mass is 10.1. The van der Waals surface area contributed by atoms with Crippen molar-refractivity contribution in [1.29, 1.82) is 0 Å². The molecule has 0 unspecified atom stereocenters. The first-order chi connectivity index (χ1) is 10.6. The van der Waals surface area contributed by atoms with Gasteiger partial charge in [-0.15, -0.1) is 0 Å². The molecule has 0 N–H and O–H groups in total. The first kappa shape index (κ1) is 14.3. The second-order valence-corrected chi connectivity index (χ2v) is 4.96. The fourth-order valence-electron chi connectivity index (χ4n) is 2.09. The first-order valence-electron chi connectivity index (χ1n) is 6.37. The van der Waals surface area contributed by atoms with Crippen molar-refractivity contribution in [1.82, 2.24) is 14.7 Å². The van der Waals surface area contributed by atoms with Gasteiger partial charge in [-0.05, 0) is 6.07 Å². The molecule has 7 nitrogen and oxygen atoms in total. The van der Waals surface area contributed by atoms with Crippen molar-refractivity contribution in [2.24, 2.45) is 0 Å². The lowest BCUT2D eigenvalue weighted by molar-refractivity contribution is -0.305. The number of carbonyl (C=O) groups excluding carboxylic acids is 1. The number of carbonyl (C=O) groups is 1. The summed E-state index contributed by atoms with van der Waals surface area (Å²) in [5, 5.41) is 15.0. The van der Waals surface area contributed by atoms with E-state index in [1.807, 2.05) is 0 Å². The van der Waals surface area contributed by atoms with Gasteiger partial charge < -0.3 is 14.4 Å². The highest BCUT2D eigenvalue weighted by Gasteiger charge is 2.18. The normalized spacial score (nSPS) is 11.0. The Bertz CT molecular complexity index is 916. The minimum Gasteiger partial charge on any atom is -0.550 e. The van der Waals surface area contributed by atoms with Crippen LogP contribution in [0.15, 0.2) is 39.9 Å². The van der Waals surface area contributed by atoms with Crippen molar-refractivity contribution >= 4 is 28.7 Å². The Morgan fingerprint density at radius 2 is 2.14 bits per heavy atom. The van der Waals surface area contributed by atoms with Crippen molar-refractivity contribution < 1.29 is 14.4 Å². The predicted molar refractivity (Wildman–Crippen MR) is 76.1 cm³/mol. The quantitative estimate of drug-likeness (QED) is 0.706. The van der Waals surface area contributed by atoms with Crippen LogP contribution in [0.4, 0.5) is 0 Å². The third-order valence-corrected chi connectivity index (χ3v) is 3.48. The van der Waals surface area contributed by atoms with Crippen molar-refractivity contribution in [2.75, 3.05) is 0 Å². The van der Waals surface area contributed by atoms with Crippen LogP contribution in [-0.2, 0) is 11.3 Å². The number of aliphatic carboxylic acids is 1. The molecule has 22 heavy (non-hydrogen) atoms. The van der Waals surface area contributed by atoms with Gasteiger partial charge in [-0.1, -0.05) is 35.0 Å². The number of halogens is 1. The Balaban J connectivity index is 2.17. The molecule has 0 saturated heterocycles. The molecule has 0 spiro atoms. The second-order valence-electron chi connectivity index (χ2n) is 4.56. The van der Waals surface area contributed by atoms with E-state index in [1.165, 1.54) is 10.9 Å². The molecular weight excluding hydrogens is 310 g/mol. The van der Waals surface area contributed by atoms with Gasteiger partial charge in [0.25, 0.3) is 11.3 Å². The van der Waals surface area contributed by atoms with Crippen LogP contribution in [-0.4, -0.2) is 20.7 Å². The molecule has 0 aliphatic rings. The van der Waals surface area contributed by atoms with Gasteiger partial charge in [0, 0.05) is 24.5 Å². The highest BCUT2D eigenvalue weighted by atomic mass is 35.5. The minimum absolute atomic E-state index is 0.0444. The van der Waals surface area contributed by atoms with Crippen LogP contribution in [0.2, 0.25) is 5.02 Å². The number of benzene rings is 1. The van der Waals surface area contributed by atoms with Gasteiger partial charge in [-0.25, -0.2) is 4.98 Å². The van der Waals surface area contributed by atoms with E-state index < -0.39 is 11.5 Å². The summed E-state index contributed by atoms with van der Waals surface area (Å²) in [4.78, 5) is 27.0. The molecule has 0 amide bonds. The number of hydrogen-bond acceptors (Lipinski definition) is 6. The highest BCUT2D eigenvalue weighted by Crippen LogP contribution is 2.30. The van der Waals surface area contributed by atoms with Gasteiger partial charge in [0.15, 0.2) is 0 Å². The number of rotatable bonds is 4. The monoisotopic (exact) mass is 318 g/mol. The largest absolute Gasteiger partial charge is 0.550 e. The van der Waals surface area contributed by atoms with Gasteiger partial charge in [0.05, 0.1) is 5.02 Å². The average Bonchev–Trinajstić information content (AvgIpc) is 2.91. The number of carboxylic acid groups (broad SMARTS) is 1. The topological polar surface area (TPSA) is 101 Å². The highest BCUT2D eigenvalue weighted by molar-refractivity contribution is 6.33. The summed E-state index contributed by atoms with van der Waals surface area (Å²) in [6, 6.07) is 6.89. The maximum atomic E-state index is 12.5. The Morgan fingerprint density at radius 3 is 2.86 bits per heavy atom. The molecule has 0 aliphatic heterocycles. The van der Waals surface area contributed by atoms with E-state index in [1.54, 1.807) is 24.3 Å². The standard InChI is InChI=1S/C14H10ClN3O4/c15-9-4-2-1-3-8(9)12-11-13(22-17-12)16-7-18(14(11)21)6-5-10(19)20/h1-4,7H,5-6H2,(H,19,20)/p-1. The van der Waals surface area contributed by atoms with Crippen LogP contribution < -0.4 is 10.7 Å². The Hall–Kier alpha value is -2.67. The van der Waals surface area contributed by atoms with Gasteiger partial charge in [-0.3, -0.25) is 9.36 Å². The fourth-order valence-corrected chi connectivity index (χ4v) is 2.31. The van der Waals surface area contributed by atoms with E-state index in [4.69, 9.17) is 16.1 Å². The summed E-state index contributed by atoms with van der Waals surface area (Å²) in [5.74, 6) is -1.25. The molecule has 0 saturated carbocycles. The van der Waals surface area contributed by atoms with E-state index in [0.717, 1.165) is 0 Å². The SMILES string of the molecule is O=C([O-])CCn1cnc2onc(-c3ccccc3Cl)c2c1=O. The lowest BCUT2D eigenvalue weighted by Crippen LogP contribution is -2.27. The van der Waals surface area contributed by atoms with Crippen molar-refractivity contribution in [3.05, 3.63) is 46.0 Å². The first-order valence-corrected chi connectivity index (χ1v) is 6.75. The molecule has 1 aromatic carbocycles. The van der Waals surface area contributed by atoms with Gasteiger partial charge in [-0.2, -0.15) is 0 Å². The summed E-state index contributed by atoms with van der Waals surface area (Å²) in [6.45, 7) is -0.0444. The molecule has 2 aromatic heterocycles. The number of hydrogen-bond donors (Lipinski definition) is 0. The van der Waals surface area contributed by atoms with Crippen molar-refractivity contribution in [2.45, 2.75) is 13.0 Å². The molecule has 0 fully saturated rings. The molecule has 3 rings (SSSR count). The molecule has 112 valence electrons. The molecule has 0 aliphatic carbocycles. The zero-order valence-corrected chi connectivity index (χ0v) is 11.9. The number of aryl methyl sites for hydroxylation is 1. The number of fused-ring (bicyclic) bond motifs is 1. The van der Waals surface area contributed by atoms with Gasteiger partial charge >= 0.3 is 0 Å². The second kappa shape index (κ2) is 5.61. The predicted octanol–water partition coefficient (Wildman–Crippen LogP) is 0.845. The zero-order chi connectivity index (χ0) is 15.7. The number of nitrogens with zero attached hydrogens (tertiary/aromatic N) is 3. The summed E-state index contributed by atoms with van der Waals surface area (Å²) < 4.78 is 6.23. The molecule has 0 atom stereocenters. The summed E-state index contributed by atoms with van der Waals surface area (Å²) >= 11 is 6.11. The zero-order valence-electron chi connectivity index (χ0n) is 11.2. The van der Waals surface area contributed by atoms with Crippen LogP contribution in [0.25, 0.3) is 22.4 Å². The molecular formula is C14H9ClN3O4-.